The summed E-state index contributed by atoms with van der Waals surface area (Å²) in [5.74, 6) is 0.287. The number of phenols is 1. The number of rotatable bonds is 4. The van der Waals surface area contributed by atoms with Crippen molar-refractivity contribution in [2.45, 2.75) is 0 Å². The first-order chi connectivity index (χ1) is 8.29. The molecule has 0 bridgehead atoms. The highest BCUT2D eigenvalue weighted by Gasteiger charge is 1.98. The Balaban J connectivity index is 2.14. The molecule has 3 heteroatoms. The van der Waals surface area contributed by atoms with Crippen molar-refractivity contribution >= 4 is 5.69 Å². The second-order valence-electron chi connectivity index (χ2n) is 3.84. The van der Waals surface area contributed by atoms with Crippen LogP contribution in [0.4, 0.5) is 5.69 Å². The summed E-state index contributed by atoms with van der Waals surface area (Å²) in [6, 6.07) is 15.3. The molecule has 0 saturated heterocycles. The number of hydrogen-bond donors (Lipinski definition) is 3. The predicted octanol–water partition coefficient (Wildman–Crippen LogP) is 2.43. The number of nitrogens with two attached hydrogens (primary N) is 1. The van der Waals surface area contributed by atoms with Gasteiger partial charge in [0.15, 0.2) is 0 Å². The van der Waals surface area contributed by atoms with Crippen molar-refractivity contribution in [3.05, 3.63) is 48.5 Å². The van der Waals surface area contributed by atoms with Crippen LogP contribution >= 0.6 is 0 Å². The van der Waals surface area contributed by atoms with Gasteiger partial charge >= 0.3 is 0 Å². The minimum Gasteiger partial charge on any atom is -0.508 e. The third kappa shape index (κ3) is 2.98. The fraction of sp³-hybridized carbons (Fsp3) is 0.143. The van der Waals surface area contributed by atoms with E-state index in [1.165, 1.54) is 0 Å². The van der Waals surface area contributed by atoms with E-state index >= 15 is 0 Å². The first kappa shape index (κ1) is 11.5. The van der Waals surface area contributed by atoms with Crippen molar-refractivity contribution < 1.29 is 5.11 Å². The van der Waals surface area contributed by atoms with E-state index < -0.39 is 0 Å². The standard InChI is InChI=1S/C14H16N2O/c15-9-10-16-13-5-1-11(2-6-13)12-3-7-14(17)8-4-12/h1-8,16-17H,9-10,15H2. The summed E-state index contributed by atoms with van der Waals surface area (Å²) in [5.41, 5.74) is 8.71. The molecular formula is C14H16N2O. The van der Waals surface area contributed by atoms with Gasteiger partial charge in [-0.1, -0.05) is 24.3 Å². The summed E-state index contributed by atoms with van der Waals surface area (Å²) in [7, 11) is 0. The van der Waals surface area contributed by atoms with E-state index in [0.29, 0.717) is 6.54 Å². The second kappa shape index (κ2) is 5.37. The minimum atomic E-state index is 0.287. The first-order valence-electron chi connectivity index (χ1n) is 5.63. The third-order valence-corrected chi connectivity index (χ3v) is 2.56. The monoisotopic (exact) mass is 228 g/mol. The highest BCUT2D eigenvalue weighted by atomic mass is 16.3. The van der Waals surface area contributed by atoms with Crippen LogP contribution in [0.15, 0.2) is 48.5 Å². The normalized spacial score (nSPS) is 10.2. The molecule has 0 aromatic heterocycles. The third-order valence-electron chi connectivity index (χ3n) is 2.56. The molecule has 3 nitrogen and oxygen atoms in total. The van der Waals surface area contributed by atoms with Gasteiger partial charge in [-0.2, -0.15) is 0 Å². The molecular weight excluding hydrogens is 212 g/mol. The summed E-state index contributed by atoms with van der Waals surface area (Å²) in [6.45, 7) is 1.40. The van der Waals surface area contributed by atoms with Crippen LogP contribution in [0.3, 0.4) is 0 Å². The molecule has 4 N–H and O–H groups in total. The average molecular weight is 228 g/mol. The molecule has 0 atom stereocenters. The van der Waals surface area contributed by atoms with E-state index in [2.05, 4.69) is 5.32 Å². The molecule has 0 radical (unpaired) electrons. The Bertz CT molecular complexity index is 463. The van der Waals surface area contributed by atoms with E-state index in [1.54, 1.807) is 12.1 Å². The van der Waals surface area contributed by atoms with Crippen molar-refractivity contribution in [3.63, 3.8) is 0 Å². The topological polar surface area (TPSA) is 58.3 Å². The van der Waals surface area contributed by atoms with Gasteiger partial charge < -0.3 is 16.2 Å². The van der Waals surface area contributed by atoms with Crippen LogP contribution in [-0.4, -0.2) is 18.2 Å². The zero-order valence-electron chi connectivity index (χ0n) is 9.56. The average Bonchev–Trinajstić information content (AvgIpc) is 2.38. The number of benzene rings is 2. The smallest absolute Gasteiger partial charge is 0.115 e. The zero-order valence-corrected chi connectivity index (χ0v) is 9.56. The molecule has 2 aromatic rings. The molecule has 0 aliphatic heterocycles. The fourth-order valence-corrected chi connectivity index (χ4v) is 1.65. The summed E-state index contributed by atoms with van der Waals surface area (Å²) < 4.78 is 0. The lowest BCUT2D eigenvalue weighted by atomic mass is 10.1. The SMILES string of the molecule is NCCNc1ccc(-c2ccc(O)cc2)cc1. The minimum absolute atomic E-state index is 0.287. The van der Waals surface area contributed by atoms with Gasteiger partial charge in [0.1, 0.15) is 5.75 Å². The van der Waals surface area contributed by atoms with E-state index in [1.807, 2.05) is 36.4 Å². The van der Waals surface area contributed by atoms with Gasteiger partial charge in [0, 0.05) is 18.8 Å². The molecule has 0 aliphatic rings. The van der Waals surface area contributed by atoms with Gasteiger partial charge in [-0.05, 0) is 35.4 Å². The van der Waals surface area contributed by atoms with Crippen LogP contribution in [0.2, 0.25) is 0 Å². The maximum Gasteiger partial charge on any atom is 0.115 e. The molecule has 0 fully saturated rings. The highest BCUT2D eigenvalue weighted by Crippen LogP contribution is 2.23. The number of anilines is 1. The predicted molar refractivity (Wildman–Crippen MR) is 71.1 cm³/mol. The molecule has 2 rings (SSSR count). The summed E-state index contributed by atoms with van der Waals surface area (Å²) >= 11 is 0. The Labute approximate surface area is 101 Å². The molecule has 88 valence electrons. The Hall–Kier alpha value is -2.00. The first-order valence-corrected chi connectivity index (χ1v) is 5.63. The summed E-state index contributed by atoms with van der Waals surface area (Å²) in [6.07, 6.45) is 0. The molecule has 0 spiro atoms. The van der Waals surface area contributed by atoms with Gasteiger partial charge in [-0.15, -0.1) is 0 Å². The van der Waals surface area contributed by atoms with Crippen molar-refractivity contribution in [1.29, 1.82) is 0 Å². The largest absolute Gasteiger partial charge is 0.508 e. The maximum atomic E-state index is 9.22. The van der Waals surface area contributed by atoms with Gasteiger partial charge in [0.25, 0.3) is 0 Å². The summed E-state index contributed by atoms with van der Waals surface area (Å²) in [4.78, 5) is 0. The van der Waals surface area contributed by atoms with Gasteiger partial charge in [-0.25, -0.2) is 0 Å². The lowest BCUT2D eigenvalue weighted by Crippen LogP contribution is -2.12. The van der Waals surface area contributed by atoms with Crippen molar-refractivity contribution in [2.24, 2.45) is 5.73 Å². The van der Waals surface area contributed by atoms with Gasteiger partial charge in [-0.3, -0.25) is 0 Å². The van der Waals surface area contributed by atoms with Gasteiger partial charge in [0.05, 0.1) is 0 Å². The molecule has 0 aliphatic carbocycles. The van der Waals surface area contributed by atoms with E-state index in [9.17, 15) is 5.11 Å². The fourth-order valence-electron chi connectivity index (χ4n) is 1.65. The highest BCUT2D eigenvalue weighted by molar-refractivity contribution is 5.66. The number of phenolic OH excluding ortho intramolecular Hbond substituents is 1. The van der Waals surface area contributed by atoms with Crippen LogP contribution in [0.25, 0.3) is 11.1 Å². The van der Waals surface area contributed by atoms with Crippen LogP contribution in [-0.2, 0) is 0 Å². The molecule has 0 unspecified atom stereocenters. The number of aromatic hydroxyl groups is 1. The molecule has 0 saturated carbocycles. The maximum absolute atomic E-state index is 9.22. The van der Waals surface area contributed by atoms with E-state index in [-0.39, 0.29) is 5.75 Å². The second-order valence-corrected chi connectivity index (χ2v) is 3.84. The van der Waals surface area contributed by atoms with Crippen LogP contribution in [0.1, 0.15) is 0 Å². The number of nitrogens with one attached hydrogen (secondary N) is 1. The molecule has 0 heterocycles. The Morgan fingerprint density at radius 1 is 0.882 bits per heavy atom. The lowest BCUT2D eigenvalue weighted by Gasteiger charge is -2.06. The summed E-state index contributed by atoms with van der Waals surface area (Å²) in [5, 5.41) is 12.4. The Kier molecular flexibility index (Phi) is 3.62. The number of hydrogen-bond acceptors (Lipinski definition) is 3. The van der Waals surface area contributed by atoms with Crippen molar-refractivity contribution in [1.82, 2.24) is 0 Å². The van der Waals surface area contributed by atoms with Crippen LogP contribution in [0.5, 0.6) is 5.75 Å². The quantitative estimate of drug-likeness (QED) is 0.753. The van der Waals surface area contributed by atoms with Crippen LogP contribution in [0, 0.1) is 0 Å². The Morgan fingerprint density at radius 3 is 1.94 bits per heavy atom. The van der Waals surface area contributed by atoms with Crippen molar-refractivity contribution in [2.75, 3.05) is 18.4 Å². The van der Waals surface area contributed by atoms with E-state index in [0.717, 1.165) is 23.4 Å². The molecule has 17 heavy (non-hydrogen) atoms. The van der Waals surface area contributed by atoms with Crippen LogP contribution < -0.4 is 11.1 Å². The lowest BCUT2D eigenvalue weighted by molar-refractivity contribution is 0.475. The zero-order chi connectivity index (χ0) is 12.1. The van der Waals surface area contributed by atoms with Crippen molar-refractivity contribution in [3.8, 4) is 16.9 Å². The van der Waals surface area contributed by atoms with Gasteiger partial charge in [0.2, 0.25) is 0 Å². The van der Waals surface area contributed by atoms with E-state index in [4.69, 9.17) is 5.73 Å². The molecule has 2 aromatic carbocycles. The molecule has 0 amide bonds. The Morgan fingerprint density at radius 2 is 1.41 bits per heavy atom.